The van der Waals surface area contributed by atoms with Crippen LogP contribution in [0.25, 0.3) is 0 Å². The smallest absolute Gasteiger partial charge is 0.352 e. The highest BCUT2D eigenvalue weighted by atomic mass is 32.2. The summed E-state index contributed by atoms with van der Waals surface area (Å²) in [5.41, 5.74) is 0.580. The van der Waals surface area contributed by atoms with Crippen LogP contribution in [0.15, 0.2) is 22.5 Å². The zero-order valence-corrected chi connectivity index (χ0v) is 13.2. The van der Waals surface area contributed by atoms with E-state index in [1.807, 2.05) is 6.92 Å². The van der Waals surface area contributed by atoms with Gasteiger partial charge in [-0.15, -0.1) is 11.3 Å². The molecule has 2 heterocycles. The number of carboxylic acids is 1. The molecule has 0 aliphatic rings. The van der Waals surface area contributed by atoms with Crippen molar-refractivity contribution in [3.05, 3.63) is 34.0 Å². The van der Waals surface area contributed by atoms with Crippen LogP contribution in [-0.2, 0) is 23.1 Å². The number of thiazole rings is 1. The lowest BCUT2D eigenvalue weighted by molar-refractivity contribution is 0.0685. The average Bonchev–Trinajstić information content (AvgIpc) is 3.02. The zero-order valence-electron chi connectivity index (χ0n) is 11.5. The minimum absolute atomic E-state index is 0.0534. The summed E-state index contributed by atoms with van der Waals surface area (Å²) < 4.78 is 28.1. The number of hydrogen-bond donors (Lipinski definition) is 2. The molecule has 2 rings (SSSR count). The van der Waals surface area contributed by atoms with Crippen molar-refractivity contribution in [3.8, 4) is 0 Å². The second-order valence-electron chi connectivity index (χ2n) is 4.33. The van der Waals surface area contributed by atoms with Gasteiger partial charge in [-0.2, -0.15) is 0 Å². The molecule has 0 saturated carbocycles. The Labute approximate surface area is 126 Å². The van der Waals surface area contributed by atoms with Crippen LogP contribution in [0.5, 0.6) is 0 Å². The van der Waals surface area contributed by atoms with Gasteiger partial charge in [0.15, 0.2) is 0 Å². The molecule has 0 aliphatic heterocycles. The molecule has 7 nitrogen and oxygen atoms in total. The summed E-state index contributed by atoms with van der Waals surface area (Å²) in [7, 11) is -3.76. The maximum Gasteiger partial charge on any atom is 0.352 e. The molecule has 2 aromatic rings. The van der Waals surface area contributed by atoms with Crippen molar-refractivity contribution in [3.63, 3.8) is 0 Å². The van der Waals surface area contributed by atoms with E-state index in [4.69, 9.17) is 5.11 Å². The Morgan fingerprint density at radius 1 is 1.52 bits per heavy atom. The van der Waals surface area contributed by atoms with Crippen molar-refractivity contribution in [1.29, 1.82) is 0 Å². The predicted octanol–water partition coefficient (Wildman–Crippen LogP) is 1.45. The Kier molecular flexibility index (Phi) is 4.45. The minimum Gasteiger partial charge on any atom is -0.477 e. The van der Waals surface area contributed by atoms with Crippen molar-refractivity contribution in [2.75, 3.05) is 0 Å². The fourth-order valence-electron chi connectivity index (χ4n) is 1.81. The number of nitrogens with zero attached hydrogens (tertiary/aromatic N) is 2. The van der Waals surface area contributed by atoms with Gasteiger partial charge in [0, 0.05) is 18.1 Å². The average molecular weight is 329 g/mol. The first-order valence-electron chi connectivity index (χ1n) is 6.17. The topological polar surface area (TPSA) is 101 Å². The lowest BCUT2D eigenvalue weighted by atomic mass is 10.4. The van der Waals surface area contributed by atoms with Gasteiger partial charge in [-0.05, 0) is 19.9 Å². The number of aromatic nitrogens is 2. The summed E-state index contributed by atoms with van der Waals surface area (Å²) in [6, 6.07) is 1.15. The molecule has 0 saturated heterocycles. The van der Waals surface area contributed by atoms with Crippen LogP contribution in [0.2, 0.25) is 0 Å². The molecule has 114 valence electrons. The largest absolute Gasteiger partial charge is 0.477 e. The third-order valence-electron chi connectivity index (χ3n) is 2.85. The molecule has 0 atom stereocenters. The van der Waals surface area contributed by atoms with E-state index in [9.17, 15) is 13.2 Å². The van der Waals surface area contributed by atoms with Crippen LogP contribution in [-0.4, -0.2) is 29.0 Å². The number of rotatable bonds is 6. The van der Waals surface area contributed by atoms with Crippen LogP contribution < -0.4 is 4.72 Å². The standard InChI is InChI=1S/C12H15N3O4S2/c1-3-15-6-10(4-11(15)12(16)17)21(18,19)13-5-9-7-20-8(2)14-9/h4,6-7,13H,3,5H2,1-2H3,(H,16,17). The summed E-state index contributed by atoms with van der Waals surface area (Å²) in [4.78, 5) is 15.2. The van der Waals surface area contributed by atoms with Crippen molar-refractivity contribution in [2.24, 2.45) is 0 Å². The molecule has 0 aliphatic carbocycles. The lowest BCUT2D eigenvalue weighted by Crippen LogP contribution is -2.23. The second kappa shape index (κ2) is 5.96. The Balaban J connectivity index is 2.21. The Morgan fingerprint density at radius 2 is 2.24 bits per heavy atom. The number of nitrogens with one attached hydrogen (secondary N) is 1. The molecule has 9 heteroatoms. The van der Waals surface area contributed by atoms with Gasteiger partial charge in [-0.1, -0.05) is 0 Å². The molecule has 21 heavy (non-hydrogen) atoms. The fraction of sp³-hybridized carbons (Fsp3) is 0.333. The normalized spacial score (nSPS) is 11.7. The first kappa shape index (κ1) is 15.7. The first-order chi connectivity index (χ1) is 9.83. The summed E-state index contributed by atoms with van der Waals surface area (Å²) in [5, 5.41) is 11.7. The van der Waals surface area contributed by atoms with Gasteiger partial charge in [-0.25, -0.2) is 22.9 Å². The van der Waals surface area contributed by atoms with Gasteiger partial charge in [0.25, 0.3) is 0 Å². The van der Waals surface area contributed by atoms with Crippen LogP contribution in [0.1, 0.15) is 28.1 Å². The summed E-state index contributed by atoms with van der Waals surface area (Å²) in [6.07, 6.45) is 1.32. The number of carbonyl (C=O) groups is 1. The van der Waals surface area contributed by atoms with Crippen molar-refractivity contribution in [2.45, 2.75) is 31.8 Å². The molecule has 2 aromatic heterocycles. The van der Waals surface area contributed by atoms with E-state index in [-0.39, 0.29) is 17.1 Å². The van der Waals surface area contributed by atoms with Crippen LogP contribution >= 0.6 is 11.3 Å². The molecule has 0 bridgehead atoms. The molecule has 0 amide bonds. The highest BCUT2D eigenvalue weighted by Crippen LogP contribution is 2.15. The van der Waals surface area contributed by atoms with Gasteiger partial charge < -0.3 is 9.67 Å². The van der Waals surface area contributed by atoms with Gasteiger partial charge in [0.1, 0.15) is 10.6 Å². The van der Waals surface area contributed by atoms with Crippen molar-refractivity contribution in [1.82, 2.24) is 14.3 Å². The Morgan fingerprint density at radius 3 is 2.71 bits per heavy atom. The molecular formula is C12H15N3O4S2. The predicted molar refractivity (Wildman–Crippen MR) is 77.9 cm³/mol. The van der Waals surface area contributed by atoms with E-state index in [0.29, 0.717) is 12.2 Å². The highest BCUT2D eigenvalue weighted by Gasteiger charge is 2.21. The Hall–Kier alpha value is -1.71. The van der Waals surface area contributed by atoms with Crippen LogP contribution in [0.3, 0.4) is 0 Å². The van der Waals surface area contributed by atoms with E-state index in [1.165, 1.54) is 22.1 Å². The molecule has 0 spiro atoms. The van der Waals surface area contributed by atoms with E-state index >= 15 is 0 Å². The number of sulfonamides is 1. The number of aryl methyl sites for hydroxylation is 2. The van der Waals surface area contributed by atoms with Gasteiger partial charge in [0.2, 0.25) is 10.0 Å². The first-order valence-corrected chi connectivity index (χ1v) is 8.54. The van der Waals surface area contributed by atoms with E-state index in [2.05, 4.69) is 9.71 Å². The molecule has 0 aromatic carbocycles. The van der Waals surface area contributed by atoms with Gasteiger partial charge in [-0.3, -0.25) is 0 Å². The lowest BCUT2D eigenvalue weighted by Gasteiger charge is -2.02. The molecule has 0 radical (unpaired) electrons. The molecule has 0 fully saturated rings. The summed E-state index contributed by atoms with van der Waals surface area (Å²) in [5.74, 6) is -1.16. The second-order valence-corrected chi connectivity index (χ2v) is 7.16. The van der Waals surface area contributed by atoms with Crippen molar-refractivity contribution >= 4 is 27.3 Å². The third kappa shape index (κ3) is 3.49. The number of carboxylic acid groups (broad SMARTS) is 1. The minimum atomic E-state index is -3.76. The van der Waals surface area contributed by atoms with Crippen LogP contribution in [0.4, 0.5) is 0 Å². The SMILES string of the molecule is CCn1cc(S(=O)(=O)NCc2csc(C)n2)cc1C(=O)O. The molecule has 2 N–H and O–H groups in total. The highest BCUT2D eigenvalue weighted by molar-refractivity contribution is 7.89. The van der Waals surface area contributed by atoms with E-state index < -0.39 is 16.0 Å². The maximum atomic E-state index is 12.2. The third-order valence-corrected chi connectivity index (χ3v) is 5.04. The van der Waals surface area contributed by atoms with Gasteiger partial charge >= 0.3 is 5.97 Å². The van der Waals surface area contributed by atoms with Crippen molar-refractivity contribution < 1.29 is 18.3 Å². The maximum absolute atomic E-state index is 12.2. The Bertz CT molecular complexity index is 761. The summed E-state index contributed by atoms with van der Waals surface area (Å²) >= 11 is 1.44. The van der Waals surface area contributed by atoms with Gasteiger partial charge in [0.05, 0.1) is 17.2 Å². The van der Waals surface area contributed by atoms with Crippen LogP contribution in [0, 0.1) is 6.92 Å². The quantitative estimate of drug-likeness (QED) is 0.835. The monoisotopic (exact) mass is 329 g/mol. The summed E-state index contributed by atoms with van der Waals surface area (Å²) in [6.45, 7) is 4.03. The molecular weight excluding hydrogens is 314 g/mol. The fourth-order valence-corrected chi connectivity index (χ4v) is 3.46. The van der Waals surface area contributed by atoms with E-state index in [0.717, 1.165) is 11.1 Å². The molecule has 0 unspecified atom stereocenters. The van der Waals surface area contributed by atoms with E-state index in [1.54, 1.807) is 12.3 Å². The number of aromatic carboxylic acids is 1. The zero-order chi connectivity index (χ0) is 15.6. The number of hydrogen-bond acceptors (Lipinski definition) is 5.